The number of nitrogens with zero attached hydrogens (tertiary/aromatic N) is 1. The Balaban J connectivity index is 1.70. The Bertz CT molecular complexity index is 292. The van der Waals surface area contributed by atoms with Crippen LogP contribution in [-0.4, -0.2) is 62.8 Å². The highest BCUT2D eigenvalue weighted by Crippen LogP contribution is 2.16. The molecule has 19 heavy (non-hydrogen) atoms. The van der Waals surface area contributed by atoms with E-state index < -0.39 is 0 Å². The molecule has 2 rings (SSSR count). The van der Waals surface area contributed by atoms with Gasteiger partial charge in [0, 0.05) is 38.4 Å². The maximum Gasteiger partial charge on any atom is 0.234 e. The standard InChI is InChI=1S/C14H27N3O2/c1-11-9-17(6-3-13(11)15-2)10-14(18)16-12-4-7-19-8-5-12/h11-13,15H,3-10H2,1-2H3,(H,16,18). The Morgan fingerprint density at radius 3 is 2.68 bits per heavy atom. The summed E-state index contributed by atoms with van der Waals surface area (Å²) in [4.78, 5) is 14.3. The first-order valence-electron chi connectivity index (χ1n) is 7.45. The number of hydrogen-bond acceptors (Lipinski definition) is 4. The lowest BCUT2D eigenvalue weighted by molar-refractivity contribution is -0.124. The van der Waals surface area contributed by atoms with Crippen molar-refractivity contribution in [2.45, 2.75) is 38.3 Å². The molecule has 2 fully saturated rings. The zero-order valence-electron chi connectivity index (χ0n) is 12.2. The fourth-order valence-corrected chi connectivity index (χ4v) is 3.12. The lowest BCUT2D eigenvalue weighted by Gasteiger charge is -2.36. The molecule has 0 aromatic heterocycles. The highest BCUT2D eigenvalue weighted by molar-refractivity contribution is 5.78. The highest BCUT2D eigenvalue weighted by atomic mass is 16.5. The summed E-state index contributed by atoms with van der Waals surface area (Å²) in [6, 6.07) is 0.906. The lowest BCUT2D eigenvalue weighted by atomic mass is 9.94. The Morgan fingerprint density at radius 2 is 2.05 bits per heavy atom. The van der Waals surface area contributed by atoms with Gasteiger partial charge in [0.25, 0.3) is 0 Å². The van der Waals surface area contributed by atoms with E-state index in [0.29, 0.717) is 24.5 Å². The van der Waals surface area contributed by atoms with Crippen molar-refractivity contribution in [2.24, 2.45) is 5.92 Å². The van der Waals surface area contributed by atoms with Gasteiger partial charge in [-0.25, -0.2) is 0 Å². The molecule has 5 heteroatoms. The number of carbonyl (C=O) groups excluding carboxylic acids is 1. The summed E-state index contributed by atoms with van der Waals surface area (Å²) in [5.74, 6) is 0.775. The highest BCUT2D eigenvalue weighted by Gasteiger charge is 2.26. The fraction of sp³-hybridized carbons (Fsp3) is 0.929. The topological polar surface area (TPSA) is 53.6 Å². The lowest BCUT2D eigenvalue weighted by Crippen LogP contribution is -2.51. The summed E-state index contributed by atoms with van der Waals surface area (Å²) in [6.45, 7) is 6.36. The van der Waals surface area contributed by atoms with Crippen LogP contribution in [0.25, 0.3) is 0 Å². The molecule has 2 aliphatic rings. The SMILES string of the molecule is CNC1CCN(CC(=O)NC2CCOCC2)CC1C. The number of amides is 1. The van der Waals surface area contributed by atoms with Crippen LogP contribution in [0.2, 0.25) is 0 Å². The van der Waals surface area contributed by atoms with Crippen molar-refractivity contribution in [1.29, 1.82) is 0 Å². The molecule has 2 N–H and O–H groups in total. The molecule has 0 saturated carbocycles. The van der Waals surface area contributed by atoms with E-state index in [-0.39, 0.29) is 5.91 Å². The van der Waals surface area contributed by atoms with Crippen molar-refractivity contribution in [2.75, 3.05) is 39.9 Å². The Morgan fingerprint density at radius 1 is 1.32 bits per heavy atom. The molecule has 110 valence electrons. The first-order valence-corrected chi connectivity index (χ1v) is 7.45. The van der Waals surface area contributed by atoms with Crippen LogP contribution in [0.4, 0.5) is 0 Å². The second-order valence-electron chi connectivity index (χ2n) is 5.85. The largest absolute Gasteiger partial charge is 0.381 e. The molecular formula is C14H27N3O2. The molecule has 2 aliphatic heterocycles. The summed E-state index contributed by atoms with van der Waals surface area (Å²) >= 11 is 0. The van der Waals surface area contributed by atoms with Crippen LogP contribution in [0, 0.1) is 5.92 Å². The first-order chi connectivity index (χ1) is 9.19. The molecule has 5 nitrogen and oxygen atoms in total. The smallest absolute Gasteiger partial charge is 0.234 e. The third kappa shape index (κ3) is 4.44. The van der Waals surface area contributed by atoms with Crippen molar-refractivity contribution >= 4 is 5.91 Å². The summed E-state index contributed by atoms with van der Waals surface area (Å²) in [7, 11) is 2.02. The minimum atomic E-state index is 0.169. The number of likely N-dealkylation sites (tertiary alicyclic amines) is 1. The summed E-state index contributed by atoms with van der Waals surface area (Å²) in [5, 5.41) is 6.48. The molecule has 0 aromatic rings. The van der Waals surface area contributed by atoms with Gasteiger partial charge in [-0.3, -0.25) is 9.69 Å². The molecule has 0 aromatic carbocycles. The average molecular weight is 269 g/mol. The number of carbonyl (C=O) groups is 1. The monoisotopic (exact) mass is 269 g/mol. The van der Waals surface area contributed by atoms with Crippen molar-refractivity contribution in [3.05, 3.63) is 0 Å². The maximum atomic E-state index is 12.0. The Labute approximate surface area is 116 Å². The van der Waals surface area contributed by atoms with Crippen molar-refractivity contribution < 1.29 is 9.53 Å². The zero-order chi connectivity index (χ0) is 13.7. The van der Waals surface area contributed by atoms with Gasteiger partial charge in [0.15, 0.2) is 0 Å². The minimum absolute atomic E-state index is 0.169. The van der Waals surface area contributed by atoms with Crippen LogP contribution >= 0.6 is 0 Å². The molecule has 0 spiro atoms. The van der Waals surface area contributed by atoms with Gasteiger partial charge in [-0.15, -0.1) is 0 Å². The first kappa shape index (κ1) is 14.8. The van der Waals surface area contributed by atoms with Crippen LogP contribution in [0.3, 0.4) is 0 Å². The fourth-order valence-electron chi connectivity index (χ4n) is 3.12. The van der Waals surface area contributed by atoms with Gasteiger partial charge in [-0.1, -0.05) is 6.92 Å². The number of rotatable bonds is 4. The number of piperidine rings is 1. The quantitative estimate of drug-likeness (QED) is 0.766. The van der Waals surface area contributed by atoms with Crippen LogP contribution in [-0.2, 0) is 9.53 Å². The predicted octanol–water partition coefficient (Wildman–Crippen LogP) is 0.211. The second kappa shape index (κ2) is 7.22. The van der Waals surface area contributed by atoms with Gasteiger partial charge in [-0.2, -0.15) is 0 Å². The Kier molecular flexibility index (Phi) is 5.60. The summed E-state index contributed by atoms with van der Waals surface area (Å²) < 4.78 is 5.30. The van der Waals surface area contributed by atoms with E-state index in [4.69, 9.17) is 4.74 Å². The van der Waals surface area contributed by atoms with Crippen LogP contribution in [0.15, 0.2) is 0 Å². The van der Waals surface area contributed by atoms with E-state index >= 15 is 0 Å². The minimum Gasteiger partial charge on any atom is -0.381 e. The van der Waals surface area contributed by atoms with Gasteiger partial charge in [0.1, 0.15) is 0 Å². The normalized spacial score (nSPS) is 30.2. The maximum absolute atomic E-state index is 12.0. The van der Waals surface area contributed by atoms with Crippen molar-refractivity contribution in [1.82, 2.24) is 15.5 Å². The van der Waals surface area contributed by atoms with E-state index in [0.717, 1.165) is 45.6 Å². The molecule has 0 radical (unpaired) electrons. The molecule has 2 atom stereocenters. The molecular weight excluding hydrogens is 242 g/mol. The van der Waals surface area contributed by atoms with E-state index in [9.17, 15) is 4.79 Å². The van der Waals surface area contributed by atoms with Gasteiger partial charge in [0.05, 0.1) is 6.54 Å². The van der Waals surface area contributed by atoms with Crippen molar-refractivity contribution in [3.63, 3.8) is 0 Å². The molecule has 0 aliphatic carbocycles. The predicted molar refractivity (Wildman–Crippen MR) is 75.1 cm³/mol. The summed E-state index contributed by atoms with van der Waals surface area (Å²) in [6.07, 6.45) is 3.02. The molecule has 2 saturated heterocycles. The third-order valence-electron chi connectivity index (χ3n) is 4.31. The number of hydrogen-bond donors (Lipinski definition) is 2. The van der Waals surface area contributed by atoms with Gasteiger partial charge in [0.2, 0.25) is 5.91 Å². The summed E-state index contributed by atoms with van der Waals surface area (Å²) in [5.41, 5.74) is 0. The van der Waals surface area contributed by atoms with Crippen LogP contribution < -0.4 is 10.6 Å². The van der Waals surface area contributed by atoms with E-state index in [1.807, 2.05) is 7.05 Å². The Hall–Kier alpha value is -0.650. The molecule has 2 unspecified atom stereocenters. The third-order valence-corrected chi connectivity index (χ3v) is 4.31. The van der Waals surface area contributed by atoms with E-state index in [2.05, 4.69) is 22.5 Å². The molecule has 2 heterocycles. The van der Waals surface area contributed by atoms with Crippen LogP contribution in [0.1, 0.15) is 26.2 Å². The number of nitrogens with one attached hydrogen (secondary N) is 2. The van der Waals surface area contributed by atoms with Crippen molar-refractivity contribution in [3.8, 4) is 0 Å². The van der Waals surface area contributed by atoms with Gasteiger partial charge >= 0.3 is 0 Å². The molecule has 1 amide bonds. The number of ether oxygens (including phenoxy) is 1. The van der Waals surface area contributed by atoms with E-state index in [1.54, 1.807) is 0 Å². The van der Waals surface area contributed by atoms with Crippen LogP contribution in [0.5, 0.6) is 0 Å². The zero-order valence-corrected chi connectivity index (χ0v) is 12.2. The second-order valence-corrected chi connectivity index (χ2v) is 5.85. The van der Waals surface area contributed by atoms with E-state index in [1.165, 1.54) is 0 Å². The van der Waals surface area contributed by atoms with Gasteiger partial charge in [-0.05, 0) is 32.2 Å². The molecule has 0 bridgehead atoms. The van der Waals surface area contributed by atoms with Gasteiger partial charge < -0.3 is 15.4 Å². The average Bonchev–Trinajstić information content (AvgIpc) is 2.40.